The van der Waals surface area contributed by atoms with Crippen molar-refractivity contribution in [3.8, 4) is 0 Å². The van der Waals surface area contributed by atoms with Crippen LogP contribution in [-0.4, -0.2) is 35.0 Å². The first-order chi connectivity index (χ1) is 7.33. The first kappa shape index (κ1) is 13.5. The summed E-state index contributed by atoms with van der Waals surface area (Å²) in [6.07, 6.45) is 8.59. The van der Waals surface area contributed by atoms with Crippen LogP contribution in [0.4, 0.5) is 0 Å². The first-order valence-corrected chi connectivity index (χ1v) is 8.29. The molecule has 1 atom stereocenters. The SMILES string of the molecule is COC(C)OCCC[Se]C1CCCCC1. The van der Waals surface area contributed by atoms with Gasteiger partial charge in [-0.1, -0.05) is 0 Å². The van der Waals surface area contributed by atoms with Crippen LogP contribution in [0.1, 0.15) is 45.4 Å². The van der Waals surface area contributed by atoms with Crippen molar-refractivity contribution in [3.63, 3.8) is 0 Å². The molecule has 1 unspecified atom stereocenters. The van der Waals surface area contributed by atoms with Gasteiger partial charge in [0.1, 0.15) is 0 Å². The van der Waals surface area contributed by atoms with Crippen molar-refractivity contribution in [2.45, 2.75) is 61.9 Å². The molecular weight excluding hydrogens is 255 g/mol. The number of ether oxygens (including phenoxy) is 2. The molecule has 0 spiro atoms. The van der Waals surface area contributed by atoms with Gasteiger partial charge in [-0.05, 0) is 0 Å². The van der Waals surface area contributed by atoms with E-state index in [0.717, 1.165) is 26.4 Å². The fourth-order valence-corrected chi connectivity index (χ4v) is 4.55. The second-order valence-corrected chi connectivity index (χ2v) is 7.11. The van der Waals surface area contributed by atoms with Gasteiger partial charge in [-0.25, -0.2) is 0 Å². The topological polar surface area (TPSA) is 18.5 Å². The Hall–Kier alpha value is 0.439. The molecule has 1 aliphatic carbocycles. The van der Waals surface area contributed by atoms with Gasteiger partial charge in [0.05, 0.1) is 0 Å². The third-order valence-corrected chi connectivity index (χ3v) is 5.96. The zero-order valence-electron chi connectivity index (χ0n) is 10.0. The Labute approximate surface area is 100 Å². The molecule has 0 amide bonds. The molecule has 1 rings (SSSR count). The van der Waals surface area contributed by atoms with Gasteiger partial charge >= 0.3 is 100 Å². The van der Waals surface area contributed by atoms with Gasteiger partial charge in [0.15, 0.2) is 0 Å². The fourth-order valence-electron chi connectivity index (χ4n) is 1.86. The zero-order valence-corrected chi connectivity index (χ0v) is 11.7. The summed E-state index contributed by atoms with van der Waals surface area (Å²) in [6, 6.07) is 0. The molecule has 15 heavy (non-hydrogen) atoms. The van der Waals surface area contributed by atoms with Gasteiger partial charge in [0.25, 0.3) is 0 Å². The van der Waals surface area contributed by atoms with E-state index in [1.165, 1.54) is 43.8 Å². The van der Waals surface area contributed by atoms with Crippen molar-refractivity contribution in [1.82, 2.24) is 0 Å². The maximum absolute atomic E-state index is 5.47. The molecule has 0 aromatic carbocycles. The molecule has 0 aromatic heterocycles. The third-order valence-electron chi connectivity index (χ3n) is 2.88. The minimum absolute atomic E-state index is 0.0350. The molecule has 0 heterocycles. The molecule has 1 fully saturated rings. The molecule has 1 aliphatic rings. The van der Waals surface area contributed by atoms with E-state index in [-0.39, 0.29) is 6.29 Å². The van der Waals surface area contributed by atoms with Crippen LogP contribution in [-0.2, 0) is 9.47 Å². The fraction of sp³-hybridized carbons (Fsp3) is 1.00. The van der Waals surface area contributed by atoms with E-state index in [1.54, 1.807) is 7.11 Å². The minimum atomic E-state index is -0.0350. The van der Waals surface area contributed by atoms with Crippen molar-refractivity contribution >= 4 is 15.0 Å². The average molecular weight is 279 g/mol. The summed E-state index contributed by atoms with van der Waals surface area (Å²) in [6.45, 7) is 2.82. The van der Waals surface area contributed by atoms with Crippen LogP contribution in [0.25, 0.3) is 0 Å². The Morgan fingerprint density at radius 1 is 1.27 bits per heavy atom. The molecule has 0 aliphatic heterocycles. The van der Waals surface area contributed by atoms with E-state index in [4.69, 9.17) is 9.47 Å². The second-order valence-electron chi connectivity index (χ2n) is 4.16. The van der Waals surface area contributed by atoms with Gasteiger partial charge in [0, 0.05) is 0 Å². The summed E-state index contributed by atoms with van der Waals surface area (Å²) >= 11 is 0.861. The molecule has 3 heteroatoms. The number of methoxy groups -OCH3 is 1. The summed E-state index contributed by atoms with van der Waals surface area (Å²) < 4.78 is 10.5. The quantitative estimate of drug-likeness (QED) is 0.404. The predicted octanol–water partition coefficient (Wildman–Crippen LogP) is 3.26. The Morgan fingerprint density at radius 3 is 2.67 bits per heavy atom. The van der Waals surface area contributed by atoms with Gasteiger partial charge in [-0.3, -0.25) is 0 Å². The molecule has 1 saturated carbocycles. The first-order valence-electron chi connectivity index (χ1n) is 6.09. The summed E-state index contributed by atoms with van der Waals surface area (Å²) in [5, 5.41) is 1.38. The Kier molecular flexibility index (Phi) is 7.72. The van der Waals surface area contributed by atoms with Crippen molar-refractivity contribution in [3.05, 3.63) is 0 Å². The van der Waals surface area contributed by atoms with Crippen LogP contribution >= 0.6 is 0 Å². The number of hydrogen-bond acceptors (Lipinski definition) is 2. The molecule has 0 bridgehead atoms. The normalized spacial score (nSPS) is 20.4. The molecule has 0 N–H and O–H groups in total. The average Bonchev–Trinajstić information content (AvgIpc) is 2.29. The van der Waals surface area contributed by atoms with Crippen molar-refractivity contribution < 1.29 is 9.47 Å². The molecular formula is C12H24O2Se. The van der Waals surface area contributed by atoms with Crippen molar-refractivity contribution in [2.24, 2.45) is 0 Å². The third kappa shape index (κ3) is 6.57. The Bertz CT molecular complexity index is 147. The van der Waals surface area contributed by atoms with E-state index < -0.39 is 0 Å². The van der Waals surface area contributed by atoms with Gasteiger partial charge in [-0.2, -0.15) is 0 Å². The summed E-state index contributed by atoms with van der Waals surface area (Å²) in [4.78, 5) is 1.08. The molecule has 0 radical (unpaired) electrons. The molecule has 90 valence electrons. The van der Waals surface area contributed by atoms with Crippen LogP contribution < -0.4 is 0 Å². The summed E-state index contributed by atoms with van der Waals surface area (Å²) in [7, 11) is 1.69. The van der Waals surface area contributed by atoms with Crippen molar-refractivity contribution in [1.29, 1.82) is 0 Å². The van der Waals surface area contributed by atoms with E-state index in [0.29, 0.717) is 0 Å². The van der Waals surface area contributed by atoms with E-state index in [9.17, 15) is 0 Å². The molecule has 0 saturated heterocycles. The van der Waals surface area contributed by atoms with Crippen LogP contribution in [0.15, 0.2) is 0 Å². The maximum atomic E-state index is 5.47. The summed E-state index contributed by atoms with van der Waals surface area (Å²) in [5.41, 5.74) is 0. The second kappa shape index (κ2) is 8.58. The predicted molar refractivity (Wildman–Crippen MR) is 64.4 cm³/mol. The Balaban J connectivity index is 1.87. The number of rotatable bonds is 7. The summed E-state index contributed by atoms with van der Waals surface area (Å²) in [5.74, 6) is 0. The standard InChI is InChI=1S/C12H24O2Se/c1-11(13-2)14-9-6-10-15-12-7-4-3-5-8-12/h11-12H,3-10H2,1-2H3. The van der Waals surface area contributed by atoms with Crippen LogP contribution in [0.3, 0.4) is 0 Å². The van der Waals surface area contributed by atoms with Crippen LogP contribution in [0.2, 0.25) is 10.1 Å². The van der Waals surface area contributed by atoms with Crippen LogP contribution in [0, 0.1) is 0 Å². The van der Waals surface area contributed by atoms with Crippen molar-refractivity contribution in [2.75, 3.05) is 13.7 Å². The monoisotopic (exact) mass is 280 g/mol. The molecule has 2 nitrogen and oxygen atoms in total. The van der Waals surface area contributed by atoms with Gasteiger partial charge in [-0.15, -0.1) is 0 Å². The van der Waals surface area contributed by atoms with E-state index in [2.05, 4.69) is 0 Å². The zero-order chi connectivity index (χ0) is 10.9. The van der Waals surface area contributed by atoms with Crippen LogP contribution in [0.5, 0.6) is 0 Å². The Morgan fingerprint density at radius 2 is 2.00 bits per heavy atom. The van der Waals surface area contributed by atoms with E-state index in [1.807, 2.05) is 6.92 Å². The van der Waals surface area contributed by atoms with E-state index >= 15 is 0 Å². The van der Waals surface area contributed by atoms with Gasteiger partial charge < -0.3 is 0 Å². The number of hydrogen-bond donors (Lipinski definition) is 0. The molecule has 0 aromatic rings. The van der Waals surface area contributed by atoms with Gasteiger partial charge in [0.2, 0.25) is 0 Å².